The Morgan fingerprint density at radius 2 is 2.07 bits per heavy atom. The van der Waals surface area contributed by atoms with E-state index < -0.39 is 5.60 Å². The second kappa shape index (κ2) is 8.81. The van der Waals surface area contributed by atoms with Crippen LogP contribution in [0, 0.1) is 0 Å². The fraction of sp³-hybridized carbons (Fsp3) is 0.500. The van der Waals surface area contributed by atoms with Crippen molar-refractivity contribution in [3.63, 3.8) is 0 Å². The van der Waals surface area contributed by atoms with Crippen LogP contribution in [0.3, 0.4) is 0 Å². The Morgan fingerprint density at radius 1 is 1.37 bits per heavy atom. The summed E-state index contributed by atoms with van der Waals surface area (Å²) in [5, 5.41) is 0.570. The molecule has 0 N–H and O–H groups in total. The summed E-state index contributed by atoms with van der Waals surface area (Å²) in [7, 11) is 1.60. The number of carbonyl (C=O) groups excluding carboxylic acids is 1. The number of ether oxygens (including phenoxy) is 2. The van der Waals surface area contributed by atoms with Gasteiger partial charge in [0.15, 0.2) is 4.80 Å². The van der Waals surface area contributed by atoms with Crippen LogP contribution < -0.4 is 9.54 Å². The molecule has 0 amide bonds. The van der Waals surface area contributed by atoms with E-state index in [4.69, 9.17) is 38.3 Å². The van der Waals surface area contributed by atoms with Crippen molar-refractivity contribution in [2.24, 2.45) is 4.99 Å². The molecule has 1 saturated carbocycles. The van der Waals surface area contributed by atoms with Crippen LogP contribution in [0.25, 0.3) is 0 Å². The van der Waals surface area contributed by atoms with Crippen molar-refractivity contribution in [3.8, 4) is 5.75 Å². The van der Waals surface area contributed by atoms with Crippen molar-refractivity contribution in [2.75, 3.05) is 7.11 Å². The molecule has 5 nitrogen and oxygen atoms in total. The standard InChI is InChI=1S/C22H27ClN2O3S2/c1-14(26)28-22(9-6-10-22)13-25-12-18(21(2,3)4)30-20(25)24-19(29)16-11-15(23)7-8-17(16)27-5/h7-8,11-12H,6,9-10,13H2,1-5H3. The zero-order chi connectivity index (χ0) is 22.1. The fourth-order valence-corrected chi connectivity index (χ4v) is 4.93. The Morgan fingerprint density at radius 3 is 2.60 bits per heavy atom. The van der Waals surface area contributed by atoms with Gasteiger partial charge in [-0.25, -0.2) is 4.99 Å². The van der Waals surface area contributed by atoms with Crippen molar-refractivity contribution in [1.82, 2.24) is 4.57 Å². The number of hydrogen-bond acceptors (Lipinski definition) is 5. The maximum atomic E-state index is 11.7. The number of esters is 1. The highest BCUT2D eigenvalue weighted by Crippen LogP contribution is 2.37. The van der Waals surface area contributed by atoms with Gasteiger partial charge in [-0.3, -0.25) is 4.79 Å². The summed E-state index contributed by atoms with van der Waals surface area (Å²) in [6.07, 6.45) is 4.86. The molecule has 162 valence electrons. The van der Waals surface area contributed by atoms with E-state index in [2.05, 4.69) is 31.5 Å². The Kier molecular flexibility index (Phi) is 6.75. The first-order chi connectivity index (χ1) is 14.0. The van der Waals surface area contributed by atoms with Gasteiger partial charge in [-0.1, -0.05) is 44.6 Å². The van der Waals surface area contributed by atoms with E-state index in [1.54, 1.807) is 36.6 Å². The fourth-order valence-electron chi connectivity index (χ4n) is 3.40. The summed E-state index contributed by atoms with van der Waals surface area (Å²) in [5.74, 6) is 0.377. The summed E-state index contributed by atoms with van der Waals surface area (Å²) >= 11 is 13.4. The molecule has 30 heavy (non-hydrogen) atoms. The van der Waals surface area contributed by atoms with Crippen molar-refractivity contribution in [3.05, 3.63) is 44.7 Å². The van der Waals surface area contributed by atoms with Crippen LogP contribution in [-0.2, 0) is 21.5 Å². The van der Waals surface area contributed by atoms with Crippen molar-refractivity contribution in [1.29, 1.82) is 0 Å². The van der Waals surface area contributed by atoms with Gasteiger partial charge in [0.05, 0.1) is 19.2 Å². The first-order valence-corrected chi connectivity index (χ1v) is 11.5. The third-order valence-corrected chi connectivity index (χ3v) is 7.12. The smallest absolute Gasteiger partial charge is 0.303 e. The summed E-state index contributed by atoms with van der Waals surface area (Å²) in [5.41, 5.74) is 0.173. The van der Waals surface area contributed by atoms with E-state index in [-0.39, 0.29) is 11.4 Å². The summed E-state index contributed by atoms with van der Waals surface area (Å²) in [6, 6.07) is 5.31. The molecule has 1 aromatic heterocycles. The second-order valence-corrected chi connectivity index (χ2v) is 10.5. The molecule has 0 radical (unpaired) electrons. The van der Waals surface area contributed by atoms with Gasteiger partial charge in [-0.05, 0) is 42.9 Å². The summed E-state index contributed by atoms with van der Waals surface area (Å²) < 4.78 is 13.2. The van der Waals surface area contributed by atoms with Crippen molar-refractivity contribution >= 4 is 46.1 Å². The van der Waals surface area contributed by atoms with Crippen LogP contribution in [0.15, 0.2) is 29.4 Å². The highest BCUT2D eigenvalue weighted by Gasteiger charge is 2.41. The second-order valence-electron chi connectivity index (χ2n) is 8.65. The lowest BCUT2D eigenvalue weighted by atomic mass is 9.80. The molecule has 2 aromatic rings. The lowest BCUT2D eigenvalue weighted by Crippen LogP contribution is -2.46. The van der Waals surface area contributed by atoms with Gasteiger partial charge in [-0.15, -0.1) is 11.3 Å². The van der Waals surface area contributed by atoms with E-state index in [1.165, 1.54) is 11.8 Å². The van der Waals surface area contributed by atoms with Crippen molar-refractivity contribution in [2.45, 2.75) is 64.5 Å². The maximum absolute atomic E-state index is 11.7. The number of aromatic nitrogens is 1. The average Bonchev–Trinajstić information content (AvgIpc) is 3.02. The monoisotopic (exact) mass is 466 g/mol. The molecule has 8 heteroatoms. The van der Waals surface area contributed by atoms with Gasteiger partial charge in [-0.2, -0.15) is 0 Å². The Hall–Kier alpha value is -1.70. The van der Waals surface area contributed by atoms with Gasteiger partial charge in [0.25, 0.3) is 0 Å². The quantitative estimate of drug-likeness (QED) is 0.445. The molecule has 3 rings (SSSR count). The number of thiocarbonyl (C=S) groups is 1. The normalized spacial score (nSPS) is 16.1. The minimum Gasteiger partial charge on any atom is -0.496 e. The van der Waals surface area contributed by atoms with E-state index in [0.717, 1.165) is 24.1 Å². The SMILES string of the molecule is COc1ccc(Cl)cc1C(=S)N=c1sc(C(C)(C)C)cn1CC1(OC(C)=O)CCC1. The molecule has 0 bridgehead atoms. The molecule has 1 fully saturated rings. The topological polar surface area (TPSA) is 52.8 Å². The summed E-state index contributed by atoms with van der Waals surface area (Å²) in [4.78, 5) is 18.8. The number of thiazole rings is 1. The molecule has 0 aliphatic heterocycles. The third-order valence-electron chi connectivity index (χ3n) is 5.13. The van der Waals surface area contributed by atoms with E-state index in [0.29, 0.717) is 27.9 Å². The number of hydrogen-bond donors (Lipinski definition) is 0. The third kappa shape index (κ3) is 5.13. The maximum Gasteiger partial charge on any atom is 0.303 e. The number of methoxy groups -OCH3 is 1. The molecular weight excluding hydrogens is 440 g/mol. The minimum atomic E-state index is -0.466. The Labute approximate surface area is 191 Å². The van der Waals surface area contributed by atoms with Crippen LogP contribution in [-0.4, -0.2) is 28.2 Å². The minimum absolute atomic E-state index is 0.0379. The zero-order valence-electron chi connectivity index (χ0n) is 18.0. The Balaban J connectivity index is 2.05. The van der Waals surface area contributed by atoms with Crippen LogP contribution >= 0.6 is 35.2 Å². The molecule has 1 aliphatic carbocycles. The van der Waals surface area contributed by atoms with Gasteiger partial charge in [0.1, 0.15) is 16.3 Å². The van der Waals surface area contributed by atoms with Gasteiger partial charge in [0.2, 0.25) is 0 Å². The molecule has 0 unspecified atom stereocenters. The van der Waals surface area contributed by atoms with E-state index >= 15 is 0 Å². The van der Waals surface area contributed by atoms with Crippen molar-refractivity contribution < 1.29 is 14.3 Å². The predicted octanol–water partition coefficient (Wildman–Crippen LogP) is 5.27. The van der Waals surface area contributed by atoms with E-state index in [9.17, 15) is 4.79 Å². The molecule has 1 aliphatic rings. The van der Waals surface area contributed by atoms with E-state index in [1.807, 2.05) is 0 Å². The number of halogens is 1. The Bertz CT molecular complexity index is 1030. The van der Waals surface area contributed by atoms with Gasteiger partial charge < -0.3 is 14.0 Å². The molecule has 0 saturated heterocycles. The van der Waals surface area contributed by atoms with Crippen LogP contribution in [0.1, 0.15) is 57.4 Å². The van der Waals surface area contributed by atoms with Crippen LogP contribution in [0.2, 0.25) is 5.02 Å². The number of carbonyl (C=O) groups is 1. The zero-order valence-corrected chi connectivity index (χ0v) is 20.3. The number of rotatable bonds is 5. The predicted molar refractivity (Wildman–Crippen MR) is 125 cm³/mol. The molecular formula is C22H27ClN2O3S2. The molecule has 0 atom stereocenters. The van der Waals surface area contributed by atoms with Crippen LogP contribution in [0.5, 0.6) is 5.75 Å². The van der Waals surface area contributed by atoms with Crippen LogP contribution in [0.4, 0.5) is 0 Å². The van der Waals surface area contributed by atoms with Gasteiger partial charge in [0, 0.05) is 23.0 Å². The highest BCUT2D eigenvalue weighted by molar-refractivity contribution is 7.80. The molecule has 0 spiro atoms. The number of nitrogens with zero attached hydrogens (tertiary/aromatic N) is 2. The highest BCUT2D eigenvalue weighted by atomic mass is 35.5. The molecule has 1 heterocycles. The molecule has 1 aromatic carbocycles. The summed E-state index contributed by atoms with van der Waals surface area (Å²) in [6.45, 7) is 8.52. The first-order valence-electron chi connectivity index (χ1n) is 9.86. The lowest BCUT2D eigenvalue weighted by molar-refractivity contribution is -0.169. The first kappa shape index (κ1) is 23.0. The average molecular weight is 467 g/mol. The number of benzene rings is 1. The lowest BCUT2D eigenvalue weighted by Gasteiger charge is -2.40. The largest absolute Gasteiger partial charge is 0.496 e. The van der Waals surface area contributed by atoms with Gasteiger partial charge >= 0.3 is 5.97 Å².